The lowest BCUT2D eigenvalue weighted by molar-refractivity contribution is -0.120. The average Bonchev–Trinajstić information content (AvgIpc) is 2.55. The third-order valence-electron chi connectivity index (χ3n) is 4.42. The minimum Gasteiger partial charge on any atom is -0.348 e. The second-order valence-electron chi connectivity index (χ2n) is 6.74. The van der Waals surface area contributed by atoms with Crippen molar-refractivity contribution in [2.24, 2.45) is 0 Å². The molecule has 0 aliphatic carbocycles. The fourth-order valence-electron chi connectivity index (χ4n) is 2.64. The summed E-state index contributed by atoms with van der Waals surface area (Å²) in [5.41, 5.74) is 4.66. The summed E-state index contributed by atoms with van der Waals surface area (Å²) in [6.07, 6.45) is 1.11. The Morgan fingerprint density at radius 2 is 1.65 bits per heavy atom. The summed E-state index contributed by atoms with van der Waals surface area (Å²) in [5, 5.41) is 2.87. The number of anilines is 1. The van der Waals surface area contributed by atoms with Crippen LogP contribution in [0, 0.1) is 20.8 Å². The lowest BCUT2D eigenvalue weighted by atomic mass is 10.1. The van der Waals surface area contributed by atoms with E-state index in [2.05, 4.69) is 5.32 Å². The number of carbonyl (C=O) groups is 1. The number of sulfonamides is 1. The number of hydrogen-bond donors (Lipinski definition) is 1. The van der Waals surface area contributed by atoms with Crippen LogP contribution in [0.4, 0.5) is 5.69 Å². The summed E-state index contributed by atoms with van der Waals surface area (Å²) in [7, 11) is -3.58. The van der Waals surface area contributed by atoms with E-state index in [0.717, 1.165) is 32.8 Å². The molecular formula is C20H26N2O3S. The van der Waals surface area contributed by atoms with Crippen molar-refractivity contribution in [3.63, 3.8) is 0 Å². The zero-order valence-corrected chi connectivity index (χ0v) is 16.7. The van der Waals surface area contributed by atoms with Crippen LogP contribution in [0.1, 0.15) is 35.2 Å². The van der Waals surface area contributed by atoms with Gasteiger partial charge in [-0.05, 0) is 56.5 Å². The van der Waals surface area contributed by atoms with Gasteiger partial charge in [0.25, 0.3) is 0 Å². The number of aryl methyl sites for hydroxylation is 3. The number of benzene rings is 2. The van der Waals surface area contributed by atoms with Crippen LogP contribution >= 0.6 is 0 Å². The molecule has 0 unspecified atom stereocenters. The van der Waals surface area contributed by atoms with Crippen molar-refractivity contribution in [3.8, 4) is 0 Å². The summed E-state index contributed by atoms with van der Waals surface area (Å²) in [4.78, 5) is 12.5. The molecule has 0 aliphatic heterocycles. The first-order valence-electron chi connectivity index (χ1n) is 8.49. The molecule has 0 spiro atoms. The van der Waals surface area contributed by atoms with E-state index in [0.29, 0.717) is 5.69 Å². The molecule has 0 radical (unpaired) electrons. The average molecular weight is 375 g/mol. The standard InChI is InChI=1S/C20H26N2O3S/c1-14-6-9-18(10-7-14)17(4)21-20(23)13-22(26(5,24)25)19-11-8-15(2)16(3)12-19/h6-12,17H,13H2,1-5H3,(H,21,23)/t17-/m1/s1. The van der Waals surface area contributed by atoms with Crippen LogP contribution in [0.15, 0.2) is 42.5 Å². The molecule has 2 rings (SSSR count). The van der Waals surface area contributed by atoms with Gasteiger partial charge in [0.05, 0.1) is 18.0 Å². The molecule has 1 N–H and O–H groups in total. The van der Waals surface area contributed by atoms with E-state index < -0.39 is 10.0 Å². The Morgan fingerprint density at radius 3 is 2.19 bits per heavy atom. The van der Waals surface area contributed by atoms with E-state index in [1.165, 1.54) is 0 Å². The molecule has 5 nitrogen and oxygen atoms in total. The molecule has 0 heterocycles. The molecule has 1 amide bonds. The van der Waals surface area contributed by atoms with Gasteiger partial charge in [-0.1, -0.05) is 35.9 Å². The Morgan fingerprint density at radius 1 is 1.04 bits per heavy atom. The molecule has 0 saturated carbocycles. The van der Waals surface area contributed by atoms with Crippen LogP contribution < -0.4 is 9.62 Å². The van der Waals surface area contributed by atoms with Gasteiger partial charge in [0, 0.05) is 0 Å². The lowest BCUT2D eigenvalue weighted by Crippen LogP contribution is -2.41. The fraction of sp³-hybridized carbons (Fsp3) is 0.350. The van der Waals surface area contributed by atoms with E-state index in [1.807, 2.05) is 58.0 Å². The highest BCUT2D eigenvalue weighted by molar-refractivity contribution is 7.92. The molecule has 6 heteroatoms. The van der Waals surface area contributed by atoms with Gasteiger partial charge in [0.2, 0.25) is 15.9 Å². The van der Waals surface area contributed by atoms with Gasteiger partial charge in [-0.15, -0.1) is 0 Å². The van der Waals surface area contributed by atoms with Crippen LogP contribution in [0.2, 0.25) is 0 Å². The van der Waals surface area contributed by atoms with E-state index >= 15 is 0 Å². The monoisotopic (exact) mass is 374 g/mol. The summed E-state index contributed by atoms with van der Waals surface area (Å²) < 4.78 is 25.5. The summed E-state index contributed by atoms with van der Waals surface area (Å²) >= 11 is 0. The summed E-state index contributed by atoms with van der Waals surface area (Å²) in [5.74, 6) is -0.346. The van der Waals surface area contributed by atoms with Crippen molar-refractivity contribution in [3.05, 3.63) is 64.7 Å². The van der Waals surface area contributed by atoms with Crippen LogP contribution in [-0.2, 0) is 14.8 Å². The van der Waals surface area contributed by atoms with Gasteiger partial charge >= 0.3 is 0 Å². The predicted molar refractivity (Wildman–Crippen MR) is 106 cm³/mol. The Hall–Kier alpha value is -2.34. The van der Waals surface area contributed by atoms with Gasteiger partial charge < -0.3 is 5.32 Å². The van der Waals surface area contributed by atoms with Gasteiger partial charge in [-0.25, -0.2) is 8.42 Å². The first-order chi connectivity index (χ1) is 12.1. The van der Waals surface area contributed by atoms with Crippen molar-refractivity contribution in [2.45, 2.75) is 33.7 Å². The van der Waals surface area contributed by atoms with Crippen LogP contribution in [-0.4, -0.2) is 27.1 Å². The summed E-state index contributed by atoms with van der Waals surface area (Å²) in [6, 6.07) is 13.0. The second-order valence-corrected chi connectivity index (χ2v) is 8.64. The minimum atomic E-state index is -3.58. The summed E-state index contributed by atoms with van der Waals surface area (Å²) in [6.45, 7) is 7.50. The molecule has 2 aromatic carbocycles. The number of nitrogens with one attached hydrogen (secondary N) is 1. The number of carbonyl (C=O) groups excluding carboxylic acids is 1. The lowest BCUT2D eigenvalue weighted by Gasteiger charge is -2.24. The van der Waals surface area contributed by atoms with E-state index in [1.54, 1.807) is 12.1 Å². The number of amides is 1. The zero-order valence-electron chi connectivity index (χ0n) is 15.9. The Bertz CT molecular complexity index is 890. The first kappa shape index (κ1) is 20.0. The predicted octanol–water partition coefficient (Wildman–Crippen LogP) is 3.26. The molecule has 0 fully saturated rings. The molecule has 140 valence electrons. The van der Waals surface area contributed by atoms with E-state index in [4.69, 9.17) is 0 Å². The van der Waals surface area contributed by atoms with Gasteiger partial charge in [-0.2, -0.15) is 0 Å². The third kappa shape index (κ3) is 5.08. The van der Waals surface area contributed by atoms with Crippen molar-refractivity contribution >= 4 is 21.6 Å². The van der Waals surface area contributed by atoms with Crippen molar-refractivity contribution in [1.82, 2.24) is 5.32 Å². The molecule has 1 atom stereocenters. The fourth-order valence-corrected chi connectivity index (χ4v) is 3.49. The molecule has 2 aromatic rings. The van der Waals surface area contributed by atoms with Crippen molar-refractivity contribution < 1.29 is 13.2 Å². The number of hydrogen-bond acceptors (Lipinski definition) is 3. The molecule has 26 heavy (non-hydrogen) atoms. The van der Waals surface area contributed by atoms with Gasteiger partial charge in [-0.3, -0.25) is 9.10 Å². The van der Waals surface area contributed by atoms with Crippen LogP contribution in [0.5, 0.6) is 0 Å². The van der Waals surface area contributed by atoms with Gasteiger partial charge in [0.1, 0.15) is 6.54 Å². The smallest absolute Gasteiger partial charge is 0.241 e. The van der Waals surface area contributed by atoms with Crippen molar-refractivity contribution in [1.29, 1.82) is 0 Å². The second kappa shape index (κ2) is 7.91. The molecule has 0 aliphatic rings. The maximum absolute atomic E-state index is 12.5. The quantitative estimate of drug-likeness (QED) is 0.844. The highest BCUT2D eigenvalue weighted by Crippen LogP contribution is 2.21. The topological polar surface area (TPSA) is 66.5 Å². The molecular weight excluding hydrogens is 348 g/mol. The Balaban J connectivity index is 2.16. The first-order valence-corrected chi connectivity index (χ1v) is 10.3. The molecule has 0 bridgehead atoms. The van der Waals surface area contributed by atoms with Crippen molar-refractivity contribution in [2.75, 3.05) is 17.1 Å². The highest BCUT2D eigenvalue weighted by Gasteiger charge is 2.22. The van der Waals surface area contributed by atoms with Gasteiger partial charge in [0.15, 0.2) is 0 Å². The maximum Gasteiger partial charge on any atom is 0.241 e. The Kier molecular flexibility index (Phi) is 6.08. The zero-order chi connectivity index (χ0) is 19.5. The molecule has 0 aromatic heterocycles. The van der Waals surface area contributed by atoms with E-state index in [9.17, 15) is 13.2 Å². The normalized spacial score (nSPS) is 12.5. The largest absolute Gasteiger partial charge is 0.348 e. The third-order valence-corrected chi connectivity index (χ3v) is 5.56. The van der Waals surface area contributed by atoms with Crippen LogP contribution in [0.25, 0.3) is 0 Å². The minimum absolute atomic E-state index is 0.204. The Labute approximate surface area is 156 Å². The van der Waals surface area contributed by atoms with Crippen LogP contribution in [0.3, 0.4) is 0 Å². The number of nitrogens with zero attached hydrogens (tertiary/aromatic N) is 1. The van der Waals surface area contributed by atoms with E-state index in [-0.39, 0.29) is 18.5 Å². The SMILES string of the molecule is Cc1ccc([C@@H](C)NC(=O)CN(c2ccc(C)c(C)c2)S(C)(=O)=O)cc1. The maximum atomic E-state index is 12.5. The highest BCUT2D eigenvalue weighted by atomic mass is 32.2. The number of rotatable bonds is 6. The molecule has 0 saturated heterocycles.